The predicted molar refractivity (Wildman–Crippen MR) is 109 cm³/mol. The molecule has 3 rings (SSSR count). The molecule has 0 unspecified atom stereocenters. The van der Waals surface area contributed by atoms with E-state index in [-0.39, 0.29) is 11.4 Å². The molecule has 0 saturated heterocycles. The van der Waals surface area contributed by atoms with E-state index in [1.807, 2.05) is 42.5 Å². The Morgan fingerprint density at radius 1 is 1.04 bits per heavy atom. The highest BCUT2D eigenvalue weighted by Crippen LogP contribution is 2.31. The maximum Gasteiger partial charge on any atom is 0.203 e. The van der Waals surface area contributed by atoms with E-state index in [4.69, 9.17) is 4.74 Å². The van der Waals surface area contributed by atoms with Crippen molar-refractivity contribution in [1.82, 2.24) is 0 Å². The first-order valence-electron chi connectivity index (χ1n) is 9.10. The number of benzene rings is 3. The molecule has 0 amide bonds. The number of allylic oxidation sites excluding steroid dienone is 1. The number of nitrogens with zero attached hydrogens (tertiary/aromatic N) is 1. The van der Waals surface area contributed by atoms with Gasteiger partial charge in [0.05, 0.1) is 6.61 Å². The van der Waals surface area contributed by atoms with Gasteiger partial charge in [0, 0.05) is 11.1 Å². The predicted octanol–water partition coefficient (Wildman–Crippen LogP) is 5.81. The van der Waals surface area contributed by atoms with Crippen molar-refractivity contribution >= 4 is 22.6 Å². The van der Waals surface area contributed by atoms with Crippen LogP contribution in [0.2, 0.25) is 0 Å². The molecule has 0 aliphatic rings. The smallest absolute Gasteiger partial charge is 0.203 e. The van der Waals surface area contributed by atoms with Gasteiger partial charge in [0.25, 0.3) is 0 Å². The first-order valence-corrected chi connectivity index (χ1v) is 9.10. The van der Waals surface area contributed by atoms with Gasteiger partial charge >= 0.3 is 0 Å². The summed E-state index contributed by atoms with van der Waals surface area (Å²) in [6, 6.07) is 22.7. The third-order valence-corrected chi connectivity index (χ3v) is 4.38. The van der Waals surface area contributed by atoms with Crippen LogP contribution in [0.3, 0.4) is 0 Å². The number of nitriles is 1. The Morgan fingerprint density at radius 3 is 2.52 bits per heavy atom. The molecule has 0 fully saturated rings. The Kier molecular flexibility index (Phi) is 6.02. The van der Waals surface area contributed by atoms with Gasteiger partial charge in [-0.25, -0.2) is 0 Å². The molecule has 0 saturated carbocycles. The molecule has 0 bridgehead atoms. The average molecular weight is 355 g/mol. The molecule has 0 aliphatic carbocycles. The number of carbonyl (C=O) groups excluding carboxylic acids is 1. The Morgan fingerprint density at radius 2 is 1.78 bits per heavy atom. The van der Waals surface area contributed by atoms with Crippen molar-refractivity contribution in [2.45, 2.75) is 19.8 Å². The van der Waals surface area contributed by atoms with E-state index in [1.54, 1.807) is 30.3 Å². The van der Waals surface area contributed by atoms with Gasteiger partial charge in [0.2, 0.25) is 5.78 Å². The van der Waals surface area contributed by atoms with Crippen LogP contribution < -0.4 is 4.74 Å². The van der Waals surface area contributed by atoms with Gasteiger partial charge in [-0.2, -0.15) is 5.26 Å². The molecule has 134 valence electrons. The van der Waals surface area contributed by atoms with E-state index in [2.05, 4.69) is 13.0 Å². The minimum absolute atomic E-state index is 0.0953. The van der Waals surface area contributed by atoms with Gasteiger partial charge in [-0.15, -0.1) is 0 Å². The van der Waals surface area contributed by atoms with Crippen molar-refractivity contribution in [2.24, 2.45) is 0 Å². The van der Waals surface area contributed by atoms with Gasteiger partial charge in [-0.05, 0) is 29.3 Å². The first-order chi connectivity index (χ1) is 13.2. The lowest BCUT2D eigenvalue weighted by molar-refractivity contribution is 0.104. The highest BCUT2D eigenvalue weighted by atomic mass is 16.5. The second kappa shape index (κ2) is 8.82. The summed E-state index contributed by atoms with van der Waals surface area (Å²) in [6.45, 7) is 2.71. The summed E-state index contributed by atoms with van der Waals surface area (Å²) >= 11 is 0. The Balaban J connectivity index is 2.09. The van der Waals surface area contributed by atoms with E-state index >= 15 is 0 Å². The minimum Gasteiger partial charge on any atom is -0.493 e. The largest absolute Gasteiger partial charge is 0.493 e. The molecule has 0 aliphatic heterocycles. The molecule has 3 heteroatoms. The second-order valence-electron chi connectivity index (χ2n) is 6.27. The summed E-state index contributed by atoms with van der Waals surface area (Å²) in [5.41, 5.74) is 1.36. The maximum absolute atomic E-state index is 12.8. The molecule has 3 aromatic rings. The summed E-state index contributed by atoms with van der Waals surface area (Å²) in [5, 5.41) is 11.6. The Labute approximate surface area is 159 Å². The van der Waals surface area contributed by atoms with Gasteiger partial charge in [-0.1, -0.05) is 74.0 Å². The van der Waals surface area contributed by atoms with Crippen molar-refractivity contribution < 1.29 is 9.53 Å². The Hall–Kier alpha value is -3.38. The van der Waals surface area contributed by atoms with Crippen LogP contribution in [-0.4, -0.2) is 12.4 Å². The number of fused-ring (bicyclic) bond motifs is 1. The van der Waals surface area contributed by atoms with Crippen LogP contribution in [0.5, 0.6) is 5.75 Å². The number of rotatable bonds is 7. The van der Waals surface area contributed by atoms with Crippen molar-refractivity contribution in [3.05, 3.63) is 83.4 Å². The summed E-state index contributed by atoms with van der Waals surface area (Å²) in [5.74, 6) is 0.404. The molecule has 0 heterocycles. The van der Waals surface area contributed by atoms with Crippen molar-refractivity contribution in [3.8, 4) is 11.8 Å². The number of ether oxygens (including phenoxy) is 1. The fraction of sp³-hybridized carbons (Fsp3) is 0.167. The van der Waals surface area contributed by atoms with Gasteiger partial charge in [0.15, 0.2) is 0 Å². The van der Waals surface area contributed by atoms with Gasteiger partial charge in [-0.3, -0.25) is 4.79 Å². The standard InChI is InChI=1S/C24H21NO2/c1-2-3-15-27-23-14-13-18-9-7-8-12-21(18)22(23)16-20(17-25)24(26)19-10-5-4-6-11-19/h4-14,16H,2-3,15H2,1H3/b20-16+. The molecule has 3 aromatic carbocycles. The van der Waals surface area contributed by atoms with Crippen LogP contribution in [0.15, 0.2) is 72.3 Å². The van der Waals surface area contributed by atoms with Crippen LogP contribution in [0, 0.1) is 11.3 Å². The molecule has 0 spiro atoms. The second-order valence-corrected chi connectivity index (χ2v) is 6.27. The van der Waals surface area contributed by atoms with E-state index < -0.39 is 0 Å². The number of hydrogen-bond acceptors (Lipinski definition) is 3. The number of unbranched alkanes of at least 4 members (excludes halogenated alkanes) is 1. The lowest BCUT2D eigenvalue weighted by Crippen LogP contribution is -2.03. The summed E-state index contributed by atoms with van der Waals surface area (Å²) in [6.07, 6.45) is 3.64. The monoisotopic (exact) mass is 355 g/mol. The van der Waals surface area contributed by atoms with Crippen LogP contribution in [0.1, 0.15) is 35.7 Å². The Bertz CT molecular complexity index is 1010. The average Bonchev–Trinajstić information content (AvgIpc) is 2.73. The molecule has 3 nitrogen and oxygen atoms in total. The SMILES string of the molecule is CCCCOc1ccc2ccccc2c1/C=C(\C#N)C(=O)c1ccccc1. The van der Waals surface area contributed by atoms with Crippen LogP contribution in [0.4, 0.5) is 0 Å². The summed E-state index contributed by atoms with van der Waals surface area (Å²) < 4.78 is 5.95. The normalized spacial score (nSPS) is 11.2. The highest BCUT2D eigenvalue weighted by molar-refractivity contribution is 6.15. The van der Waals surface area contributed by atoms with Crippen molar-refractivity contribution in [3.63, 3.8) is 0 Å². The lowest BCUT2D eigenvalue weighted by Gasteiger charge is -2.12. The molecule has 0 N–H and O–H groups in total. The van der Waals surface area contributed by atoms with E-state index in [1.165, 1.54) is 0 Å². The lowest BCUT2D eigenvalue weighted by atomic mass is 9.98. The van der Waals surface area contributed by atoms with Crippen LogP contribution in [0.25, 0.3) is 16.8 Å². The molecule has 0 aromatic heterocycles. The first kappa shape index (κ1) is 18.4. The molecule has 0 radical (unpaired) electrons. The topological polar surface area (TPSA) is 50.1 Å². The van der Waals surface area contributed by atoms with Crippen molar-refractivity contribution in [2.75, 3.05) is 6.61 Å². The van der Waals surface area contributed by atoms with E-state index in [0.29, 0.717) is 17.9 Å². The number of hydrogen-bond donors (Lipinski definition) is 0. The zero-order valence-corrected chi connectivity index (χ0v) is 15.3. The van der Waals surface area contributed by atoms with E-state index in [9.17, 15) is 10.1 Å². The summed E-state index contributed by atoms with van der Waals surface area (Å²) in [7, 11) is 0. The highest BCUT2D eigenvalue weighted by Gasteiger charge is 2.15. The zero-order chi connectivity index (χ0) is 19.1. The number of ketones is 1. The fourth-order valence-corrected chi connectivity index (χ4v) is 2.91. The van der Waals surface area contributed by atoms with E-state index in [0.717, 1.165) is 29.2 Å². The molecule has 0 atom stereocenters. The number of carbonyl (C=O) groups is 1. The van der Waals surface area contributed by atoms with Crippen LogP contribution in [-0.2, 0) is 0 Å². The molecular weight excluding hydrogens is 334 g/mol. The zero-order valence-electron chi connectivity index (χ0n) is 15.3. The van der Waals surface area contributed by atoms with Gasteiger partial charge < -0.3 is 4.74 Å². The molecule has 27 heavy (non-hydrogen) atoms. The fourth-order valence-electron chi connectivity index (χ4n) is 2.91. The third-order valence-electron chi connectivity index (χ3n) is 4.38. The van der Waals surface area contributed by atoms with Gasteiger partial charge in [0.1, 0.15) is 17.4 Å². The maximum atomic E-state index is 12.8. The molecular formula is C24H21NO2. The van der Waals surface area contributed by atoms with Crippen molar-refractivity contribution in [1.29, 1.82) is 5.26 Å². The minimum atomic E-state index is -0.287. The summed E-state index contributed by atoms with van der Waals surface area (Å²) in [4.78, 5) is 12.8. The van der Waals surface area contributed by atoms with Crippen LogP contribution >= 0.6 is 0 Å². The quantitative estimate of drug-likeness (QED) is 0.233. The number of Topliss-reactive ketones (excluding diaryl/α,β-unsaturated/α-hetero) is 1. The third kappa shape index (κ3) is 4.24.